The number of hydrogen-bond donors (Lipinski definition) is 3. The lowest BCUT2D eigenvalue weighted by Gasteiger charge is -2.20. The second kappa shape index (κ2) is 40.5. The highest BCUT2D eigenvalue weighted by atomic mass is 31.2. The Balaban J connectivity index is 4.39. The van der Waals surface area contributed by atoms with Crippen molar-refractivity contribution >= 4 is 31.5 Å². The lowest BCUT2D eigenvalue weighted by Crippen LogP contribution is -2.34. The van der Waals surface area contributed by atoms with Crippen molar-refractivity contribution in [3.8, 4) is 0 Å². The minimum absolute atomic E-state index is 0.108. The molecule has 0 aliphatic rings. The molecule has 0 spiro atoms. The molecule has 0 aromatic rings. The maximum atomic E-state index is 12.6. The molecule has 0 saturated heterocycles. The summed E-state index contributed by atoms with van der Waals surface area (Å²) >= 11 is 0. The summed E-state index contributed by atoms with van der Waals surface area (Å²) in [6.07, 6.45) is 41.5. The van der Waals surface area contributed by atoms with Crippen LogP contribution in [0.5, 0.6) is 0 Å². The Bertz CT molecular complexity index is 1250. The summed E-state index contributed by atoms with van der Waals surface area (Å²) in [6.45, 7) is 2.58. The predicted octanol–water partition coefficient (Wildman–Crippen LogP) is 11.4. The Morgan fingerprint density at radius 3 is 1.63 bits per heavy atom. The maximum absolute atomic E-state index is 12.6. The number of carboxylic acid groups (broad SMARTS) is 1. The molecule has 0 aliphatic heterocycles. The molecule has 0 aliphatic carbocycles. The van der Waals surface area contributed by atoms with Crippen LogP contribution in [-0.4, -0.2) is 65.7 Å². The van der Waals surface area contributed by atoms with Crippen LogP contribution in [0.4, 0.5) is 0 Å². The van der Waals surface area contributed by atoms with Crippen LogP contribution in [0, 0.1) is 0 Å². The third-order valence-electron chi connectivity index (χ3n) is 9.53. The number of rotatable bonds is 42. The summed E-state index contributed by atoms with van der Waals surface area (Å²) in [6, 6.07) is -1.54. The lowest BCUT2D eigenvalue weighted by molar-refractivity contribution is -0.161. The van der Waals surface area contributed by atoms with E-state index in [-0.39, 0.29) is 25.2 Å². The van der Waals surface area contributed by atoms with Gasteiger partial charge in [0.1, 0.15) is 12.6 Å². The SMILES string of the molecule is CCCCC/C=C\C/C=C\CCCCCCCCCCCC(=O)OC[C@H](COP(=O)(O)OC[C@H](N)C(=O)O)OC(=O)CCCCCCC/C=C\C=C\C(=O)CCCCC. The predicted molar refractivity (Wildman–Crippen MR) is 236 cm³/mol. The quantitative estimate of drug-likeness (QED) is 0.0132. The first-order valence-corrected chi connectivity index (χ1v) is 24.1. The number of carbonyl (C=O) groups is 4. The minimum atomic E-state index is -4.74. The molecule has 0 bridgehead atoms. The molecule has 4 N–H and O–H groups in total. The molecular formula is C46H80NO11P. The third kappa shape index (κ3) is 40.3. The first-order valence-electron chi connectivity index (χ1n) is 22.6. The van der Waals surface area contributed by atoms with Crippen molar-refractivity contribution in [2.45, 2.75) is 199 Å². The van der Waals surface area contributed by atoms with Gasteiger partial charge in [0.25, 0.3) is 0 Å². The first kappa shape index (κ1) is 56.1. The molecule has 340 valence electrons. The van der Waals surface area contributed by atoms with Gasteiger partial charge < -0.3 is 25.2 Å². The van der Waals surface area contributed by atoms with Crippen LogP contribution in [0.3, 0.4) is 0 Å². The van der Waals surface area contributed by atoms with E-state index in [4.69, 9.17) is 24.8 Å². The van der Waals surface area contributed by atoms with E-state index in [9.17, 15) is 28.6 Å². The van der Waals surface area contributed by atoms with Gasteiger partial charge in [-0.3, -0.25) is 28.2 Å². The average molecular weight is 854 g/mol. The van der Waals surface area contributed by atoms with Crippen LogP contribution < -0.4 is 5.73 Å². The van der Waals surface area contributed by atoms with Gasteiger partial charge in [-0.2, -0.15) is 0 Å². The number of allylic oxidation sites excluding steroid dienone is 8. The molecule has 1 unspecified atom stereocenters. The van der Waals surface area contributed by atoms with E-state index < -0.39 is 51.1 Å². The molecule has 0 aromatic heterocycles. The molecular weight excluding hydrogens is 773 g/mol. The van der Waals surface area contributed by atoms with Gasteiger partial charge in [0.05, 0.1) is 13.2 Å². The van der Waals surface area contributed by atoms with Gasteiger partial charge in [-0.15, -0.1) is 0 Å². The molecule has 13 heteroatoms. The number of carboxylic acids is 1. The largest absolute Gasteiger partial charge is 0.480 e. The molecule has 0 radical (unpaired) electrons. The van der Waals surface area contributed by atoms with Crippen molar-refractivity contribution < 1.29 is 52.3 Å². The van der Waals surface area contributed by atoms with Crippen LogP contribution in [0.15, 0.2) is 48.6 Å². The highest BCUT2D eigenvalue weighted by Gasteiger charge is 2.28. The molecule has 0 fully saturated rings. The number of carbonyl (C=O) groups excluding carboxylic acids is 3. The van der Waals surface area contributed by atoms with Crippen molar-refractivity contribution in [2.24, 2.45) is 5.73 Å². The van der Waals surface area contributed by atoms with Crippen LogP contribution in [0.1, 0.15) is 187 Å². The van der Waals surface area contributed by atoms with Gasteiger partial charge in [-0.05, 0) is 70.3 Å². The Morgan fingerprint density at radius 1 is 0.576 bits per heavy atom. The fourth-order valence-corrected chi connectivity index (χ4v) is 6.68. The van der Waals surface area contributed by atoms with Gasteiger partial charge in [0.15, 0.2) is 11.9 Å². The van der Waals surface area contributed by atoms with E-state index in [1.807, 2.05) is 12.2 Å². The van der Waals surface area contributed by atoms with Crippen LogP contribution in [-0.2, 0) is 42.3 Å². The molecule has 0 heterocycles. The molecule has 0 amide bonds. The summed E-state index contributed by atoms with van der Waals surface area (Å²) in [7, 11) is -4.74. The number of phosphoric acid groups is 1. The fourth-order valence-electron chi connectivity index (χ4n) is 5.90. The Kier molecular flexibility index (Phi) is 38.5. The van der Waals surface area contributed by atoms with Gasteiger partial charge in [0, 0.05) is 19.3 Å². The van der Waals surface area contributed by atoms with Gasteiger partial charge in [0.2, 0.25) is 0 Å². The third-order valence-corrected chi connectivity index (χ3v) is 10.5. The molecule has 59 heavy (non-hydrogen) atoms. The summed E-state index contributed by atoms with van der Waals surface area (Å²) in [4.78, 5) is 57.8. The van der Waals surface area contributed by atoms with E-state index in [1.165, 1.54) is 57.8 Å². The zero-order chi connectivity index (χ0) is 43.7. The Hall–Kier alpha value is -2.89. The van der Waals surface area contributed by atoms with Crippen molar-refractivity contribution in [1.82, 2.24) is 0 Å². The van der Waals surface area contributed by atoms with Gasteiger partial charge in [-0.1, -0.05) is 146 Å². The number of ether oxygens (including phenoxy) is 2. The number of ketones is 1. The van der Waals surface area contributed by atoms with Gasteiger partial charge >= 0.3 is 25.7 Å². The van der Waals surface area contributed by atoms with E-state index >= 15 is 0 Å². The topological polar surface area (TPSA) is 189 Å². The monoisotopic (exact) mass is 854 g/mol. The summed E-state index contributed by atoms with van der Waals surface area (Å²) in [5.41, 5.74) is 5.33. The molecule has 3 atom stereocenters. The van der Waals surface area contributed by atoms with Crippen molar-refractivity contribution in [2.75, 3.05) is 19.8 Å². The highest BCUT2D eigenvalue weighted by Crippen LogP contribution is 2.43. The summed E-state index contributed by atoms with van der Waals surface area (Å²) in [5, 5.41) is 8.89. The Morgan fingerprint density at radius 2 is 1.05 bits per heavy atom. The fraction of sp³-hybridized carbons (Fsp3) is 0.739. The van der Waals surface area contributed by atoms with Crippen molar-refractivity contribution in [1.29, 1.82) is 0 Å². The summed E-state index contributed by atoms with van der Waals surface area (Å²) in [5.74, 6) is -2.30. The molecule has 12 nitrogen and oxygen atoms in total. The van der Waals surface area contributed by atoms with Crippen LogP contribution >= 0.6 is 7.82 Å². The minimum Gasteiger partial charge on any atom is -0.480 e. The maximum Gasteiger partial charge on any atom is 0.472 e. The van der Waals surface area contributed by atoms with Crippen molar-refractivity contribution in [3.63, 3.8) is 0 Å². The smallest absolute Gasteiger partial charge is 0.472 e. The van der Waals surface area contributed by atoms with Crippen molar-refractivity contribution in [3.05, 3.63) is 48.6 Å². The standard InChI is InChI=1S/C46H80NO11P/c1-3-5-7-8-9-10-11-12-13-14-15-16-17-18-19-22-25-28-32-36-44(49)55-38-42(39-56-59(53,54)57-40-43(47)46(51)52)58-45(50)37-33-29-26-23-20-21-24-27-31-35-41(48)34-30-6-4-2/h9-10,12-13,24,27,31,35,42-43H,3-8,11,14-23,25-26,28-30,32-34,36-40,47H2,1-2H3,(H,51,52)(H,53,54)/b10-9-,13-12-,27-24-,35-31+/t42-,43+/m1/s1. The average Bonchev–Trinajstić information content (AvgIpc) is 3.20. The van der Waals surface area contributed by atoms with E-state index in [0.717, 1.165) is 83.5 Å². The zero-order valence-electron chi connectivity index (χ0n) is 36.6. The van der Waals surface area contributed by atoms with Gasteiger partial charge in [-0.25, -0.2) is 4.57 Å². The second-order valence-corrected chi connectivity index (χ2v) is 16.7. The van der Waals surface area contributed by atoms with Crippen LogP contribution in [0.2, 0.25) is 0 Å². The second-order valence-electron chi connectivity index (χ2n) is 15.2. The lowest BCUT2D eigenvalue weighted by atomic mass is 10.1. The van der Waals surface area contributed by atoms with E-state index in [1.54, 1.807) is 12.2 Å². The number of hydrogen-bond acceptors (Lipinski definition) is 10. The first-order chi connectivity index (χ1) is 28.5. The molecule has 0 saturated carbocycles. The number of nitrogens with two attached hydrogens (primary N) is 1. The molecule has 0 rings (SSSR count). The number of phosphoric ester groups is 1. The Labute approximate surface area is 356 Å². The number of aliphatic carboxylic acids is 1. The summed E-state index contributed by atoms with van der Waals surface area (Å²) < 4.78 is 32.7. The highest BCUT2D eigenvalue weighted by molar-refractivity contribution is 7.47. The van der Waals surface area contributed by atoms with E-state index in [2.05, 4.69) is 42.7 Å². The molecule has 0 aromatic carbocycles. The van der Waals surface area contributed by atoms with E-state index in [0.29, 0.717) is 19.3 Å². The normalized spacial score (nSPS) is 14.0. The number of unbranched alkanes of at least 4 members (excludes halogenated alkanes) is 19. The van der Waals surface area contributed by atoms with Crippen LogP contribution in [0.25, 0.3) is 0 Å². The zero-order valence-corrected chi connectivity index (χ0v) is 37.5. The number of esters is 2.